The van der Waals surface area contributed by atoms with Crippen LogP contribution in [0.3, 0.4) is 0 Å². The molecule has 5 aliphatic carbocycles. The quantitative estimate of drug-likeness (QED) is 0.0125. The molecule has 6 unspecified atom stereocenters. The van der Waals surface area contributed by atoms with Crippen molar-refractivity contribution in [2.45, 2.75) is 373 Å². The van der Waals surface area contributed by atoms with Gasteiger partial charge in [-0.15, -0.1) is 18.9 Å². The van der Waals surface area contributed by atoms with E-state index in [1.165, 1.54) is 38.8 Å². The third-order valence-electron chi connectivity index (χ3n) is 17.3. The van der Waals surface area contributed by atoms with Gasteiger partial charge in [0.1, 0.15) is 0 Å². The Morgan fingerprint density at radius 2 is 0.767 bits per heavy atom. The van der Waals surface area contributed by atoms with E-state index in [-0.39, 0.29) is 95.6 Å². The molecule has 662 valence electrons. The maximum atomic E-state index is 12.5. The highest BCUT2D eigenvalue weighted by Crippen LogP contribution is 2.35. The van der Waals surface area contributed by atoms with Crippen LogP contribution in [-0.4, -0.2) is 198 Å². The van der Waals surface area contributed by atoms with Gasteiger partial charge in [-0.2, -0.15) is 13.2 Å². The number of rotatable bonds is 41. The lowest BCUT2D eigenvalue weighted by atomic mass is 10.00. The molecule has 5 aliphatic rings. The summed E-state index contributed by atoms with van der Waals surface area (Å²) in [6.45, 7) is 39.1. The first-order valence-corrected chi connectivity index (χ1v) is 40.7. The maximum Gasteiger partial charge on any atom is 0.389 e. The van der Waals surface area contributed by atoms with E-state index in [4.69, 9.17) is 11.2 Å². The van der Waals surface area contributed by atoms with Crippen molar-refractivity contribution < 1.29 is 88.2 Å². The van der Waals surface area contributed by atoms with Crippen molar-refractivity contribution in [2.24, 2.45) is 11.8 Å². The number of carbonyl (C=O) groups is 11. The number of hydrogen-bond acceptors (Lipinski definition) is 18. The third-order valence-corrected chi connectivity index (χ3v) is 17.3. The predicted molar refractivity (Wildman–Crippen MR) is 438 cm³/mol. The van der Waals surface area contributed by atoms with Crippen LogP contribution in [0.2, 0.25) is 0 Å². The summed E-state index contributed by atoms with van der Waals surface area (Å²) in [6, 6.07) is 4.53. The summed E-state index contributed by atoms with van der Waals surface area (Å²) in [5, 5.41) is 34.1. The zero-order chi connectivity index (χ0) is 88.9. The van der Waals surface area contributed by atoms with Gasteiger partial charge in [0.05, 0.1) is 42.9 Å². The Labute approximate surface area is 685 Å². The van der Waals surface area contributed by atoms with Crippen molar-refractivity contribution in [1.82, 2.24) is 63.8 Å². The average molecular weight is 1660 g/mol. The lowest BCUT2D eigenvalue weighted by Crippen LogP contribution is -2.52. The van der Waals surface area contributed by atoms with Gasteiger partial charge in [0, 0.05) is 104 Å². The molecule has 0 saturated heterocycles. The van der Waals surface area contributed by atoms with E-state index in [0.29, 0.717) is 44.2 Å². The minimum Gasteiger partial charge on any atom is -0.380 e. The van der Waals surface area contributed by atoms with Crippen molar-refractivity contribution in [3.05, 3.63) is 48.0 Å². The number of amides is 6. The average Bonchev–Trinajstić information content (AvgIpc) is 1.72. The maximum absolute atomic E-state index is 12.5. The van der Waals surface area contributed by atoms with Crippen molar-refractivity contribution in [3.8, 4) is 12.3 Å². The minimum absolute atomic E-state index is 0.00403. The van der Waals surface area contributed by atoms with Crippen LogP contribution >= 0.6 is 0 Å². The first-order chi connectivity index (χ1) is 53.4. The molecule has 12 N–H and O–H groups in total. The van der Waals surface area contributed by atoms with E-state index in [2.05, 4.69) is 76.3 Å². The van der Waals surface area contributed by atoms with Crippen LogP contribution in [0.1, 0.15) is 264 Å². The van der Waals surface area contributed by atoms with E-state index >= 15 is 0 Å². The van der Waals surface area contributed by atoms with Crippen molar-refractivity contribution in [3.63, 3.8) is 0 Å². The van der Waals surface area contributed by atoms with Gasteiger partial charge in [-0.1, -0.05) is 56.0 Å². The van der Waals surface area contributed by atoms with Gasteiger partial charge < -0.3 is 68.5 Å². The second-order valence-corrected chi connectivity index (χ2v) is 36.8. The van der Waals surface area contributed by atoms with Gasteiger partial charge in [0.15, 0.2) is 0 Å². The van der Waals surface area contributed by atoms with Crippen LogP contribution < -0.4 is 63.8 Å². The number of nitrogens with one attached hydrogen (secondary N) is 12. The van der Waals surface area contributed by atoms with Crippen LogP contribution in [0.5, 0.6) is 0 Å². The summed E-state index contributed by atoms with van der Waals surface area (Å²) in [7, 11) is 3.14. The molecule has 5 fully saturated rings. The highest BCUT2D eigenvalue weighted by molar-refractivity contribution is 6.40. The number of halogens is 7. The van der Waals surface area contributed by atoms with Gasteiger partial charge in [-0.25, -0.2) is 17.6 Å². The highest BCUT2D eigenvalue weighted by atomic mass is 19.4. The molecule has 0 aromatic heterocycles. The SMILES string of the molecule is C#CCCC(NC(C)(C)C)C(=O)C(=O)NCC=C.CC(C)(C)NC(CC1CC1)C(=O)C(=O)NC1CC1.CC(C)(C)NC(CCC(F)(F)F)C(=O)C(=O)NC1CC1.CC(C)(C)NC(CCC(F)F)C(=O)C(=O)NC1CC1.CNC(=O)C(=O)C(CC1CC1)NC(C)(C)C.COCc1ccc(CCNC(=O)C(CCC(F)F)NC(C)(C)C)cc1. The summed E-state index contributed by atoms with van der Waals surface area (Å²) >= 11 is 0. The van der Waals surface area contributed by atoms with Gasteiger partial charge in [0.2, 0.25) is 47.7 Å². The smallest absolute Gasteiger partial charge is 0.380 e. The zero-order valence-electron chi connectivity index (χ0n) is 72.7. The molecule has 0 radical (unpaired) electrons. The van der Waals surface area contributed by atoms with Gasteiger partial charge >= 0.3 is 6.18 Å². The molecule has 116 heavy (non-hydrogen) atoms. The molecular weight excluding hydrogens is 1510 g/mol. The highest BCUT2D eigenvalue weighted by Gasteiger charge is 2.40. The van der Waals surface area contributed by atoms with Crippen LogP contribution in [0, 0.1) is 24.2 Å². The number of ether oxygens (including phenoxy) is 1. The number of hydrogen-bond donors (Lipinski definition) is 12. The number of Topliss-reactive ketones (excluding diaryl/α,β-unsaturated/α-hetero) is 5. The van der Waals surface area contributed by atoms with E-state index in [0.717, 1.165) is 62.5 Å². The Balaban J connectivity index is 0.000000700. The number of carbonyl (C=O) groups excluding carboxylic acids is 11. The standard InChI is InChI=1S/C19H30F2N2O2.C14H24N2O2.C14H22N2O2.C13H21F3N2O2.C13H22F2N2O2.C12H22N2O2/c1-19(2,3)23-16(9-10-17(20)21)18(24)22-12-11-14-5-7-15(8-6-14)13-25-4;1-14(2,3)16-11(8-9-4-5-9)12(17)13(18)15-10-6-7-10;1-6-8-9-11(16-14(3,4)5)12(17)13(18)15-10-7-2;1-12(2,3)18-9(6-7-13(14,15)16)10(19)11(20)17-8-4-5-8;1-13(2,3)17-9(6-7-10(14)15)11(18)12(19)16-8-4-5-8;1-12(2,3)14-9(7-8-5-6-8)10(15)11(16)13-4/h5-8,16-17,23H,9-13H2,1-4H3,(H,22,24);9-11,16H,4-8H2,1-3H3,(H,15,18);1,7,11,16H,2,8-10H2,3-5H3,(H,15,18);8-9,18H,4-7H2,1-3H3,(H,17,20);8-10,17H,4-7H2,1-3H3,(H,16,19);8-9,14H,5-7H2,1-4H3,(H,13,16). The molecule has 0 heterocycles. The molecule has 1 aromatic rings. The molecular formula is C85H141F7N12O12. The van der Waals surface area contributed by atoms with E-state index < -0.39 is 120 Å². The van der Waals surface area contributed by atoms with Crippen LogP contribution in [0.4, 0.5) is 30.7 Å². The molecule has 6 amide bonds. The summed E-state index contributed by atoms with van der Waals surface area (Å²) in [5.41, 5.74) is 0.367. The molecule has 5 saturated carbocycles. The van der Waals surface area contributed by atoms with Gasteiger partial charge in [-0.05, 0) is 231 Å². The Bertz CT molecular complexity index is 3290. The molecule has 0 spiro atoms. The van der Waals surface area contributed by atoms with E-state index in [1.807, 2.05) is 128 Å². The van der Waals surface area contributed by atoms with Crippen molar-refractivity contribution >= 4 is 64.4 Å². The summed E-state index contributed by atoms with van der Waals surface area (Å²) in [6.07, 6.45) is 8.74. The lowest BCUT2D eigenvalue weighted by Gasteiger charge is -2.28. The molecule has 1 aromatic carbocycles. The second-order valence-electron chi connectivity index (χ2n) is 36.8. The molecule has 0 bridgehead atoms. The largest absolute Gasteiger partial charge is 0.389 e. The van der Waals surface area contributed by atoms with Gasteiger partial charge in [-0.3, -0.25) is 52.7 Å². The number of ketones is 5. The number of terminal acetylenes is 1. The van der Waals surface area contributed by atoms with E-state index in [9.17, 15) is 83.5 Å². The Kier molecular flexibility index (Phi) is 46.8. The van der Waals surface area contributed by atoms with Crippen LogP contribution in [-0.2, 0) is 70.5 Å². The number of methoxy groups -OCH3 is 1. The Hall–Kier alpha value is -7.08. The molecule has 24 nitrogen and oxygen atoms in total. The van der Waals surface area contributed by atoms with Gasteiger partial charge in [0.25, 0.3) is 29.5 Å². The van der Waals surface area contributed by atoms with Crippen LogP contribution in [0.25, 0.3) is 0 Å². The first-order valence-electron chi connectivity index (χ1n) is 40.7. The summed E-state index contributed by atoms with van der Waals surface area (Å²) < 4.78 is 91.5. The summed E-state index contributed by atoms with van der Waals surface area (Å²) in [4.78, 5) is 130. The first kappa shape index (κ1) is 107. The summed E-state index contributed by atoms with van der Waals surface area (Å²) in [5.74, 6) is -2.06. The Morgan fingerprint density at radius 1 is 0.448 bits per heavy atom. The lowest BCUT2D eigenvalue weighted by molar-refractivity contribution is -0.144. The predicted octanol–water partition coefficient (Wildman–Crippen LogP) is 10.1. The number of alkyl halides is 7. The van der Waals surface area contributed by atoms with Crippen molar-refractivity contribution in [2.75, 3.05) is 27.2 Å². The molecule has 6 atom stereocenters. The fraction of sp³-hybridized carbons (Fsp3) is 0.753. The third kappa shape index (κ3) is 55.6. The Morgan fingerprint density at radius 3 is 1.09 bits per heavy atom. The van der Waals surface area contributed by atoms with E-state index in [1.54, 1.807) is 27.9 Å². The topological polar surface area (TPSA) is 341 Å². The van der Waals surface area contributed by atoms with Crippen molar-refractivity contribution in [1.29, 1.82) is 0 Å². The second kappa shape index (κ2) is 50.7. The molecule has 0 aliphatic heterocycles. The number of likely N-dealkylation sites (N-methyl/N-ethyl adjacent to an activating group) is 1. The molecule has 6 rings (SSSR count). The fourth-order valence-corrected chi connectivity index (χ4v) is 11.2. The monoisotopic (exact) mass is 1660 g/mol. The molecule has 31 heteroatoms. The van der Waals surface area contributed by atoms with Crippen LogP contribution in [0.15, 0.2) is 36.9 Å². The fourth-order valence-electron chi connectivity index (χ4n) is 11.2. The number of benzene rings is 1. The zero-order valence-corrected chi connectivity index (χ0v) is 72.7. The normalized spacial score (nSPS) is 16.4. The minimum atomic E-state index is -4.34.